The zero-order valence-corrected chi connectivity index (χ0v) is 18.4. The molecule has 1 aromatic carbocycles. The predicted octanol–water partition coefficient (Wildman–Crippen LogP) is 7.74. The molecule has 0 aliphatic carbocycles. The number of halogens is 1. The van der Waals surface area contributed by atoms with Crippen LogP contribution in [0.4, 0.5) is 5.69 Å². The van der Waals surface area contributed by atoms with Crippen LogP contribution in [0.3, 0.4) is 0 Å². The molecule has 156 valence electrons. The number of rotatable bonds is 16. The Morgan fingerprint density at radius 2 is 1.48 bits per heavy atom. The van der Waals surface area contributed by atoms with Crippen LogP contribution in [0.15, 0.2) is 18.2 Å². The van der Waals surface area contributed by atoms with E-state index in [1.807, 2.05) is 19.1 Å². The molecule has 1 aromatic rings. The molecule has 27 heavy (non-hydrogen) atoms. The van der Waals surface area contributed by atoms with Crippen LogP contribution >= 0.6 is 11.6 Å². The summed E-state index contributed by atoms with van der Waals surface area (Å²) in [6.45, 7) is 6.78. The summed E-state index contributed by atoms with van der Waals surface area (Å²) in [6, 6.07) is 5.51. The quantitative estimate of drug-likeness (QED) is 0.130. The highest BCUT2D eigenvalue weighted by atomic mass is 35.5. The van der Waals surface area contributed by atoms with Crippen molar-refractivity contribution in [3.8, 4) is 5.75 Å². The fourth-order valence-electron chi connectivity index (χ4n) is 3.29. The largest absolute Gasteiger partial charge is 0.506 e. The molecule has 0 aliphatic rings. The van der Waals surface area contributed by atoms with E-state index < -0.39 is 5.06 Å². The number of unbranched alkanes of at least 4 members (excludes halogenated alkanes) is 8. The van der Waals surface area contributed by atoms with Crippen LogP contribution in [-0.4, -0.2) is 16.9 Å². The smallest absolute Gasteiger partial charge is 0.144 e. The first kappa shape index (κ1) is 24.1. The fourth-order valence-corrected chi connectivity index (χ4v) is 3.61. The number of aryl methyl sites for hydroxylation is 1. The Morgan fingerprint density at radius 1 is 0.926 bits per heavy atom. The second-order valence-corrected chi connectivity index (χ2v) is 8.39. The molecule has 0 aliphatic heterocycles. The molecule has 0 radical (unpaired) electrons. The summed E-state index contributed by atoms with van der Waals surface area (Å²) < 4.78 is 6.08. The lowest BCUT2D eigenvalue weighted by Crippen LogP contribution is -2.28. The summed E-state index contributed by atoms with van der Waals surface area (Å²) in [6.07, 6.45) is 14.1. The molecule has 4 heteroatoms. The number of phenols is 1. The zero-order chi connectivity index (χ0) is 20.0. The standard InChI is InChI=1S/C23H40ClNO2/c1-4-6-8-10-11-13-17-23(24,16-12-9-7-5-2)27-19-25-21-18-20(3)14-15-22(21)26/h14-15,18,25-26H,4-13,16-17,19H2,1-3H3. The minimum atomic E-state index is -0.606. The molecule has 0 amide bonds. The molecule has 0 fully saturated rings. The average molecular weight is 398 g/mol. The Bertz CT molecular complexity index is 509. The maximum Gasteiger partial charge on any atom is 0.144 e. The molecule has 0 spiro atoms. The second kappa shape index (κ2) is 14.1. The highest BCUT2D eigenvalue weighted by Crippen LogP contribution is 2.32. The molecule has 0 heterocycles. The van der Waals surface area contributed by atoms with Gasteiger partial charge in [-0.1, -0.05) is 82.9 Å². The van der Waals surface area contributed by atoms with Crippen LogP contribution in [0.1, 0.15) is 96.5 Å². The van der Waals surface area contributed by atoms with Gasteiger partial charge in [0.05, 0.1) is 5.69 Å². The molecule has 0 bridgehead atoms. The van der Waals surface area contributed by atoms with Crippen molar-refractivity contribution in [2.24, 2.45) is 0 Å². The number of alkyl halides is 1. The summed E-state index contributed by atoms with van der Waals surface area (Å²) >= 11 is 6.87. The van der Waals surface area contributed by atoms with Crippen molar-refractivity contribution >= 4 is 17.3 Å². The Labute approximate surface area is 171 Å². The Morgan fingerprint density at radius 3 is 2.11 bits per heavy atom. The minimum Gasteiger partial charge on any atom is -0.506 e. The van der Waals surface area contributed by atoms with E-state index in [2.05, 4.69) is 19.2 Å². The molecular formula is C23H40ClNO2. The average Bonchev–Trinajstić information content (AvgIpc) is 2.65. The van der Waals surface area contributed by atoms with Crippen LogP contribution in [0, 0.1) is 6.92 Å². The summed E-state index contributed by atoms with van der Waals surface area (Å²) in [4.78, 5) is 0. The van der Waals surface area contributed by atoms with Gasteiger partial charge in [-0.25, -0.2) is 0 Å². The van der Waals surface area contributed by atoms with Gasteiger partial charge >= 0.3 is 0 Å². The molecule has 2 N–H and O–H groups in total. The van der Waals surface area contributed by atoms with E-state index in [1.54, 1.807) is 6.07 Å². The topological polar surface area (TPSA) is 41.5 Å². The van der Waals surface area contributed by atoms with Gasteiger partial charge in [-0.3, -0.25) is 0 Å². The molecule has 1 unspecified atom stereocenters. The number of nitrogens with one attached hydrogen (secondary N) is 1. The molecule has 1 rings (SSSR count). The molecule has 3 nitrogen and oxygen atoms in total. The first-order valence-corrected chi connectivity index (χ1v) is 11.2. The Kier molecular flexibility index (Phi) is 12.6. The first-order chi connectivity index (χ1) is 13.0. The number of hydrogen-bond donors (Lipinski definition) is 2. The van der Waals surface area contributed by atoms with Gasteiger partial charge in [0.1, 0.15) is 17.5 Å². The van der Waals surface area contributed by atoms with Gasteiger partial charge in [0, 0.05) is 0 Å². The van der Waals surface area contributed by atoms with Crippen molar-refractivity contribution in [2.45, 2.75) is 103 Å². The van der Waals surface area contributed by atoms with Crippen molar-refractivity contribution in [3.63, 3.8) is 0 Å². The van der Waals surface area contributed by atoms with Crippen molar-refractivity contribution in [1.82, 2.24) is 0 Å². The van der Waals surface area contributed by atoms with Gasteiger partial charge in [-0.05, 0) is 50.3 Å². The number of ether oxygens (including phenoxy) is 1. The first-order valence-electron chi connectivity index (χ1n) is 10.9. The number of aromatic hydroxyl groups is 1. The lowest BCUT2D eigenvalue weighted by atomic mass is 10.0. The SMILES string of the molecule is CCCCCCCCC(Cl)(CCCCCC)OCNc1cc(C)ccc1O. The van der Waals surface area contributed by atoms with E-state index in [0.717, 1.165) is 31.2 Å². The van der Waals surface area contributed by atoms with Crippen LogP contribution in [-0.2, 0) is 4.74 Å². The molecular weight excluding hydrogens is 358 g/mol. The number of anilines is 1. The van der Waals surface area contributed by atoms with E-state index in [4.69, 9.17) is 16.3 Å². The van der Waals surface area contributed by atoms with Crippen LogP contribution in [0.2, 0.25) is 0 Å². The normalized spacial score (nSPS) is 13.5. The third-order valence-electron chi connectivity index (χ3n) is 5.05. The van der Waals surface area contributed by atoms with Crippen LogP contribution in [0.25, 0.3) is 0 Å². The number of benzene rings is 1. The second-order valence-electron chi connectivity index (χ2n) is 7.70. The molecule has 0 aromatic heterocycles. The maximum atomic E-state index is 9.96. The summed E-state index contributed by atoms with van der Waals surface area (Å²) in [5, 5.41) is 12.5. The van der Waals surface area contributed by atoms with E-state index >= 15 is 0 Å². The van der Waals surface area contributed by atoms with Crippen LogP contribution in [0.5, 0.6) is 5.75 Å². The lowest BCUT2D eigenvalue weighted by molar-refractivity contribution is 0.0145. The van der Waals surface area contributed by atoms with Gasteiger partial charge in [0.15, 0.2) is 0 Å². The van der Waals surface area contributed by atoms with E-state index in [0.29, 0.717) is 12.4 Å². The Balaban J connectivity index is 2.47. The number of hydrogen-bond acceptors (Lipinski definition) is 3. The van der Waals surface area contributed by atoms with Gasteiger partial charge in [-0.2, -0.15) is 0 Å². The molecule has 1 atom stereocenters. The van der Waals surface area contributed by atoms with Crippen LogP contribution < -0.4 is 5.32 Å². The van der Waals surface area contributed by atoms with E-state index in [1.165, 1.54) is 51.4 Å². The van der Waals surface area contributed by atoms with Gasteiger partial charge in [0.25, 0.3) is 0 Å². The predicted molar refractivity (Wildman–Crippen MR) is 118 cm³/mol. The monoisotopic (exact) mass is 397 g/mol. The summed E-state index contributed by atoms with van der Waals surface area (Å²) in [5.74, 6) is 0.239. The number of phenolic OH excluding ortho intramolecular Hbond substituents is 1. The summed E-state index contributed by atoms with van der Waals surface area (Å²) in [5.41, 5.74) is 1.79. The third kappa shape index (κ3) is 10.8. The highest BCUT2D eigenvalue weighted by Gasteiger charge is 2.27. The minimum absolute atomic E-state index is 0.239. The van der Waals surface area contributed by atoms with E-state index in [-0.39, 0.29) is 5.75 Å². The molecule has 0 saturated carbocycles. The van der Waals surface area contributed by atoms with Crippen molar-refractivity contribution in [1.29, 1.82) is 0 Å². The lowest BCUT2D eigenvalue weighted by Gasteiger charge is -2.28. The van der Waals surface area contributed by atoms with Gasteiger partial charge < -0.3 is 15.2 Å². The summed E-state index contributed by atoms with van der Waals surface area (Å²) in [7, 11) is 0. The maximum absolute atomic E-state index is 9.96. The third-order valence-corrected chi connectivity index (χ3v) is 5.54. The van der Waals surface area contributed by atoms with Gasteiger partial charge in [0.2, 0.25) is 0 Å². The van der Waals surface area contributed by atoms with Crippen molar-refractivity contribution < 1.29 is 9.84 Å². The van der Waals surface area contributed by atoms with Crippen molar-refractivity contribution in [2.75, 3.05) is 12.0 Å². The fraction of sp³-hybridized carbons (Fsp3) is 0.739. The zero-order valence-electron chi connectivity index (χ0n) is 17.7. The highest BCUT2D eigenvalue weighted by molar-refractivity contribution is 6.22. The van der Waals surface area contributed by atoms with Crippen molar-refractivity contribution in [3.05, 3.63) is 23.8 Å². The van der Waals surface area contributed by atoms with Gasteiger partial charge in [-0.15, -0.1) is 0 Å². The van der Waals surface area contributed by atoms with E-state index in [9.17, 15) is 5.11 Å². The molecule has 0 saturated heterocycles. The Hall–Kier alpha value is -0.930.